The molecule has 0 aliphatic carbocycles. The lowest BCUT2D eigenvalue weighted by molar-refractivity contribution is -0.116. The zero-order valence-corrected chi connectivity index (χ0v) is 17.6. The first-order valence-electron chi connectivity index (χ1n) is 9.31. The molecule has 0 radical (unpaired) electrons. The van der Waals surface area contributed by atoms with Crippen LogP contribution in [-0.4, -0.2) is 32.1 Å². The number of aromatic nitrogens is 4. The molecule has 2 heterocycles. The third-order valence-corrected chi connectivity index (χ3v) is 5.18. The molecule has 0 fully saturated rings. The molecule has 0 spiro atoms. The summed E-state index contributed by atoms with van der Waals surface area (Å²) in [6, 6.07) is 13.4. The molecule has 0 saturated heterocycles. The molecular formula is C21H19FN6O2S. The third-order valence-electron chi connectivity index (χ3n) is 4.50. The first kappa shape index (κ1) is 20.6. The van der Waals surface area contributed by atoms with E-state index in [1.165, 1.54) is 34.6 Å². The summed E-state index contributed by atoms with van der Waals surface area (Å²) in [4.78, 5) is 16.9. The molecular weight excluding hydrogens is 419 g/mol. The highest BCUT2D eigenvalue weighted by molar-refractivity contribution is 7.98. The number of hydrogen-bond acceptors (Lipinski definition) is 7. The second kappa shape index (κ2) is 8.60. The summed E-state index contributed by atoms with van der Waals surface area (Å²) in [5.74, 6) is 0.0270. The Hall–Kier alpha value is -3.66. The van der Waals surface area contributed by atoms with E-state index in [9.17, 15) is 9.18 Å². The van der Waals surface area contributed by atoms with E-state index >= 15 is 0 Å². The molecule has 10 heteroatoms. The number of amides is 1. The van der Waals surface area contributed by atoms with Crippen molar-refractivity contribution < 1.29 is 13.7 Å². The van der Waals surface area contributed by atoms with E-state index in [4.69, 9.17) is 10.3 Å². The number of carbonyl (C=O) groups is 1. The van der Waals surface area contributed by atoms with E-state index in [0.717, 1.165) is 11.1 Å². The van der Waals surface area contributed by atoms with Crippen molar-refractivity contribution in [1.82, 2.24) is 19.9 Å². The molecule has 0 aliphatic rings. The molecule has 0 bridgehead atoms. The van der Waals surface area contributed by atoms with Crippen molar-refractivity contribution in [3.63, 3.8) is 0 Å². The Bertz CT molecular complexity index is 1240. The lowest BCUT2D eigenvalue weighted by Gasteiger charge is -2.06. The van der Waals surface area contributed by atoms with E-state index in [1.54, 1.807) is 6.07 Å². The summed E-state index contributed by atoms with van der Waals surface area (Å²) < 4.78 is 20.1. The van der Waals surface area contributed by atoms with Crippen molar-refractivity contribution in [1.29, 1.82) is 0 Å². The smallest absolute Gasteiger partial charge is 0.264 e. The van der Waals surface area contributed by atoms with E-state index in [2.05, 4.69) is 20.6 Å². The maximum atomic E-state index is 13.3. The minimum atomic E-state index is -0.441. The first-order valence-corrected chi connectivity index (χ1v) is 10.5. The second-order valence-electron chi connectivity index (χ2n) is 6.77. The summed E-state index contributed by atoms with van der Waals surface area (Å²) in [6.07, 6.45) is 1.83. The van der Waals surface area contributed by atoms with E-state index in [1.807, 2.05) is 37.4 Å². The zero-order chi connectivity index (χ0) is 22.0. The number of halogens is 1. The van der Waals surface area contributed by atoms with Crippen LogP contribution in [0, 0.1) is 12.7 Å². The maximum Gasteiger partial charge on any atom is 0.264 e. The molecule has 0 unspecified atom stereocenters. The third kappa shape index (κ3) is 4.43. The second-order valence-corrected chi connectivity index (χ2v) is 7.57. The molecule has 0 atom stereocenters. The summed E-state index contributed by atoms with van der Waals surface area (Å²) in [6.45, 7) is 1.84. The number of thioether (sulfide) groups is 1. The monoisotopic (exact) mass is 438 g/mol. The highest BCUT2D eigenvalue weighted by atomic mass is 32.2. The molecule has 2 aromatic heterocycles. The van der Waals surface area contributed by atoms with Crippen LogP contribution in [0.1, 0.15) is 5.56 Å². The summed E-state index contributed by atoms with van der Waals surface area (Å²) in [5, 5.41) is 11.6. The number of nitrogens with two attached hydrogens (primary N) is 1. The lowest BCUT2D eigenvalue weighted by Crippen LogP contribution is -2.20. The van der Waals surface area contributed by atoms with E-state index in [-0.39, 0.29) is 18.3 Å². The molecule has 4 rings (SSSR count). The van der Waals surface area contributed by atoms with Gasteiger partial charge in [0.05, 0.1) is 0 Å². The van der Waals surface area contributed by atoms with Gasteiger partial charge < -0.3 is 15.6 Å². The van der Waals surface area contributed by atoms with Gasteiger partial charge in [-0.1, -0.05) is 41.1 Å². The SMILES string of the molecule is CSc1nn(CC(=O)Nc2cccc(F)c2)c(N)c1-c1nc(-c2ccc(C)cc2)no1. The van der Waals surface area contributed by atoms with Gasteiger partial charge in [0.1, 0.15) is 28.8 Å². The zero-order valence-electron chi connectivity index (χ0n) is 16.8. The Morgan fingerprint density at radius 1 is 1.26 bits per heavy atom. The lowest BCUT2D eigenvalue weighted by atomic mass is 10.1. The van der Waals surface area contributed by atoms with Crippen LogP contribution in [0.3, 0.4) is 0 Å². The van der Waals surface area contributed by atoms with Gasteiger partial charge in [0.15, 0.2) is 0 Å². The van der Waals surface area contributed by atoms with Crippen LogP contribution in [0.25, 0.3) is 22.8 Å². The molecule has 31 heavy (non-hydrogen) atoms. The number of hydrogen-bond donors (Lipinski definition) is 2. The summed E-state index contributed by atoms with van der Waals surface area (Å²) in [5.41, 5.74) is 9.02. The fourth-order valence-corrected chi connectivity index (χ4v) is 3.54. The largest absolute Gasteiger partial charge is 0.383 e. The van der Waals surface area contributed by atoms with Crippen LogP contribution in [0.15, 0.2) is 58.1 Å². The van der Waals surface area contributed by atoms with Gasteiger partial charge in [-0.25, -0.2) is 9.07 Å². The molecule has 0 saturated carbocycles. The van der Waals surface area contributed by atoms with E-state index in [0.29, 0.717) is 22.1 Å². The fourth-order valence-electron chi connectivity index (χ4n) is 2.96. The van der Waals surface area contributed by atoms with Gasteiger partial charge >= 0.3 is 0 Å². The van der Waals surface area contributed by atoms with Crippen molar-refractivity contribution in [2.24, 2.45) is 0 Å². The highest BCUT2D eigenvalue weighted by Crippen LogP contribution is 2.34. The number of rotatable bonds is 6. The van der Waals surface area contributed by atoms with Crippen molar-refractivity contribution in [3.05, 3.63) is 59.9 Å². The Balaban J connectivity index is 1.58. The van der Waals surface area contributed by atoms with Crippen molar-refractivity contribution >= 4 is 29.2 Å². The average molecular weight is 438 g/mol. The van der Waals surface area contributed by atoms with Crippen LogP contribution in [0.2, 0.25) is 0 Å². The van der Waals surface area contributed by atoms with Gasteiger partial charge in [0.2, 0.25) is 11.7 Å². The molecule has 8 nitrogen and oxygen atoms in total. The van der Waals surface area contributed by atoms with Gasteiger partial charge in [-0.05, 0) is 31.4 Å². The number of nitrogens with zero attached hydrogens (tertiary/aromatic N) is 4. The number of benzene rings is 2. The number of anilines is 2. The number of aryl methyl sites for hydroxylation is 1. The molecule has 0 aliphatic heterocycles. The molecule has 1 amide bonds. The fraction of sp³-hybridized carbons (Fsp3) is 0.143. The Kier molecular flexibility index (Phi) is 5.72. The summed E-state index contributed by atoms with van der Waals surface area (Å²) in [7, 11) is 0. The van der Waals surface area contributed by atoms with Crippen LogP contribution < -0.4 is 11.1 Å². The van der Waals surface area contributed by atoms with Crippen LogP contribution in [0.5, 0.6) is 0 Å². The predicted octanol–water partition coefficient (Wildman–Crippen LogP) is 3.99. The Morgan fingerprint density at radius 3 is 2.74 bits per heavy atom. The van der Waals surface area contributed by atoms with Crippen molar-refractivity contribution in [3.8, 4) is 22.8 Å². The average Bonchev–Trinajstić information content (AvgIpc) is 3.33. The van der Waals surface area contributed by atoms with Crippen molar-refractivity contribution in [2.45, 2.75) is 18.5 Å². The Labute approximate surface area is 181 Å². The summed E-state index contributed by atoms with van der Waals surface area (Å²) >= 11 is 1.34. The van der Waals surface area contributed by atoms with Crippen LogP contribution >= 0.6 is 11.8 Å². The number of carbonyl (C=O) groups excluding carboxylic acids is 1. The van der Waals surface area contributed by atoms with Gasteiger partial charge in [-0.15, -0.1) is 11.8 Å². The van der Waals surface area contributed by atoms with E-state index < -0.39 is 11.7 Å². The number of nitrogens with one attached hydrogen (secondary N) is 1. The highest BCUT2D eigenvalue weighted by Gasteiger charge is 2.23. The van der Waals surface area contributed by atoms with Gasteiger partial charge in [-0.3, -0.25) is 4.79 Å². The topological polar surface area (TPSA) is 112 Å². The van der Waals surface area contributed by atoms with Gasteiger partial charge in [0, 0.05) is 11.3 Å². The van der Waals surface area contributed by atoms with Gasteiger partial charge in [-0.2, -0.15) is 10.1 Å². The first-order chi connectivity index (χ1) is 14.9. The van der Waals surface area contributed by atoms with Crippen LogP contribution in [0.4, 0.5) is 15.9 Å². The quantitative estimate of drug-likeness (QED) is 0.438. The minimum absolute atomic E-state index is 0.158. The maximum absolute atomic E-state index is 13.3. The molecule has 4 aromatic rings. The number of nitrogen functional groups attached to an aromatic ring is 1. The molecule has 2 aromatic carbocycles. The minimum Gasteiger partial charge on any atom is -0.383 e. The van der Waals surface area contributed by atoms with Crippen LogP contribution in [-0.2, 0) is 11.3 Å². The van der Waals surface area contributed by atoms with Gasteiger partial charge in [0.25, 0.3) is 5.89 Å². The molecule has 3 N–H and O–H groups in total. The normalized spacial score (nSPS) is 10.9. The molecule has 158 valence electrons. The van der Waals surface area contributed by atoms with Crippen molar-refractivity contribution in [2.75, 3.05) is 17.3 Å². The predicted molar refractivity (Wildman–Crippen MR) is 117 cm³/mol. The Morgan fingerprint density at radius 2 is 2.03 bits per heavy atom. The standard InChI is InChI=1S/C21H19FN6O2S/c1-12-6-8-13(9-7-12)19-25-20(30-27-19)17-18(23)28(26-21(17)31-2)11-16(29)24-15-5-3-4-14(22)10-15/h3-10H,11,23H2,1-2H3,(H,24,29).